The van der Waals surface area contributed by atoms with Crippen molar-refractivity contribution in [3.8, 4) is 0 Å². The monoisotopic (exact) mass is 387 g/mol. The molecule has 1 heterocycles. The van der Waals surface area contributed by atoms with E-state index in [0.29, 0.717) is 16.7 Å². The maximum atomic E-state index is 12.4. The number of H-pyrrole nitrogens is 2. The zero-order valence-corrected chi connectivity index (χ0v) is 16.5. The average molecular weight is 387 g/mol. The third-order valence-electron chi connectivity index (χ3n) is 5.59. The van der Waals surface area contributed by atoms with Gasteiger partial charge in [0.2, 0.25) is 0 Å². The number of imidazole rings is 1. The maximum absolute atomic E-state index is 12.4. The van der Waals surface area contributed by atoms with Gasteiger partial charge in [-0.3, -0.25) is 9.59 Å². The van der Waals surface area contributed by atoms with E-state index in [1.807, 2.05) is 0 Å². The van der Waals surface area contributed by atoms with E-state index >= 15 is 0 Å². The van der Waals surface area contributed by atoms with Gasteiger partial charge in [-0.25, -0.2) is 4.79 Å². The fourth-order valence-electron chi connectivity index (χ4n) is 3.86. The van der Waals surface area contributed by atoms with Crippen LogP contribution in [0.3, 0.4) is 0 Å². The Morgan fingerprint density at radius 2 is 1.89 bits per heavy atom. The minimum absolute atomic E-state index is 0.102. The molecule has 1 aliphatic rings. The number of hydrogen-bond donors (Lipinski definition) is 3. The number of carbonyl (C=O) groups excluding carboxylic acids is 2. The lowest BCUT2D eigenvalue weighted by atomic mass is 9.80. The third kappa shape index (κ3) is 5.03. The summed E-state index contributed by atoms with van der Waals surface area (Å²) in [6, 6.07) is 5.06. The Morgan fingerprint density at radius 1 is 1.18 bits per heavy atom. The van der Waals surface area contributed by atoms with Crippen molar-refractivity contribution in [2.45, 2.75) is 64.9 Å². The molecule has 0 radical (unpaired) electrons. The molecular formula is C21H29N3O4. The van der Waals surface area contributed by atoms with Gasteiger partial charge in [0.1, 0.15) is 0 Å². The summed E-state index contributed by atoms with van der Waals surface area (Å²) < 4.78 is 5.42. The van der Waals surface area contributed by atoms with Crippen LogP contribution in [0, 0.1) is 11.8 Å². The summed E-state index contributed by atoms with van der Waals surface area (Å²) in [7, 11) is 0. The van der Waals surface area contributed by atoms with Crippen molar-refractivity contribution in [2.24, 2.45) is 11.8 Å². The van der Waals surface area contributed by atoms with Crippen LogP contribution < -0.4 is 11.0 Å². The molecule has 2 aromatic rings. The van der Waals surface area contributed by atoms with E-state index in [2.05, 4.69) is 22.2 Å². The Bertz CT molecular complexity index is 877. The van der Waals surface area contributed by atoms with E-state index in [1.165, 1.54) is 19.3 Å². The first-order valence-electron chi connectivity index (χ1n) is 10.2. The number of aromatic nitrogens is 2. The summed E-state index contributed by atoms with van der Waals surface area (Å²) in [4.78, 5) is 41.4. The minimum atomic E-state index is -0.869. The smallest absolute Gasteiger partial charge is 0.323 e. The van der Waals surface area contributed by atoms with Crippen molar-refractivity contribution in [1.29, 1.82) is 0 Å². The molecule has 1 aromatic heterocycles. The molecule has 152 valence electrons. The number of carbonyl (C=O) groups is 2. The Labute approximate surface area is 164 Å². The van der Waals surface area contributed by atoms with Gasteiger partial charge >= 0.3 is 11.7 Å². The molecule has 0 unspecified atom stereocenters. The number of fused-ring (bicyclic) bond motifs is 1. The molecule has 0 spiro atoms. The van der Waals surface area contributed by atoms with Gasteiger partial charge in [-0.05, 0) is 56.7 Å². The Kier molecular flexibility index (Phi) is 6.54. The van der Waals surface area contributed by atoms with Crippen LogP contribution >= 0.6 is 0 Å². The van der Waals surface area contributed by atoms with Crippen molar-refractivity contribution in [3.05, 3.63) is 28.7 Å². The Balaban J connectivity index is 1.49. The molecular weight excluding hydrogens is 358 g/mol. The number of benzene rings is 1. The summed E-state index contributed by atoms with van der Waals surface area (Å²) >= 11 is 0. The van der Waals surface area contributed by atoms with Gasteiger partial charge in [0, 0.05) is 5.69 Å². The lowest BCUT2D eigenvalue weighted by Crippen LogP contribution is -2.33. The van der Waals surface area contributed by atoms with Crippen LogP contribution in [0.5, 0.6) is 0 Å². The molecule has 1 amide bonds. The molecule has 0 saturated heterocycles. The number of rotatable bonds is 7. The second kappa shape index (κ2) is 9.08. The van der Waals surface area contributed by atoms with Crippen LogP contribution in [0.15, 0.2) is 23.0 Å². The number of esters is 1. The van der Waals surface area contributed by atoms with Crippen molar-refractivity contribution < 1.29 is 14.3 Å². The predicted molar refractivity (Wildman–Crippen MR) is 108 cm³/mol. The number of aromatic amines is 2. The highest BCUT2D eigenvalue weighted by Crippen LogP contribution is 2.32. The summed E-state index contributed by atoms with van der Waals surface area (Å²) in [5.74, 6) is -0.0434. The van der Waals surface area contributed by atoms with Gasteiger partial charge in [0.05, 0.1) is 17.0 Å². The molecule has 7 nitrogen and oxygen atoms in total. The highest BCUT2D eigenvalue weighted by Gasteiger charge is 2.29. The van der Waals surface area contributed by atoms with Crippen LogP contribution in [0.2, 0.25) is 0 Å². The lowest BCUT2D eigenvalue weighted by molar-refractivity contribution is -0.158. The summed E-state index contributed by atoms with van der Waals surface area (Å²) in [6.07, 6.45) is 6.66. The van der Waals surface area contributed by atoms with Gasteiger partial charge in [0.15, 0.2) is 6.10 Å². The van der Waals surface area contributed by atoms with E-state index in [9.17, 15) is 14.4 Å². The number of unbranched alkanes of at least 4 members (excludes halogenated alkanes) is 1. The average Bonchev–Trinajstić information content (AvgIpc) is 3.05. The molecule has 0 bridgehead atoms. The van der Waals surface area contributed by atoms with Crippen molar-refractivity contribution >= 4 is 28.6 Å². The van der Waals surface area contributed by atoms with Gasteiger partial charge in [-0.1, -0.05) is 26.2 Å². The van der Waals surface area contributed by atoms with E-state index in [4.69, 9.17) is 4.74 Å². The van der Waals surface area contributed by atoms with E-state index in [-0.39, 0.29) is 23.5 Å². The van der Waals surface area contributed by atoms with Gasteiger partial charge in [0.25, 0.3) is 5.91 Å². The van der Waals surface area contributed by atoms with Crippen LogP contribution in [-0.4, -0.2) is 27.9 Å². The second-order valence-corrected chi connectivity index (χ2v) is 7.77. The Morgan fingerprint density at radius 3 is 2.61 bits per heavy atom. The maximum Gasteiger partial charge on any atom is 0.323 e. The van der Waals surface area contributed by atoms with Crippen LogP contribution in [0.4, 0.5) is 5.69 Å². The van der Waals surface area contributed by atoms with E-state index in [1.54, 1.807) is 25.1 Å². The molecule has 3 rings (SSSR count). The first kappa shape index (κ1) is 20.2. The fourth-order valence-corrected chi connectivity index (χ4v) is 3.86. The van der Waals surface area contributed by atoms with Gasteiger partial charge in [-0.15, -0.1) is 0 Å². The van der Waals surface area contributed by atoms with Crippen LogP contribution in [0.25, 0.3) is 11.0 Å². The topological polar surface area (TPSA) is 104 Å². The zero-order chi connectivity index (χ0) is 20.1. The van der Waals surface area contributed by atoms with E-state index < -0.39 is 6.10 Å². The quantitative estimate of drug-likeness (QED) is 0.630. The molecule has 1 atom stereocenters. The number of hydrogen-bond acceptors (Lipinski definition) is 4. The summed E-state index contributed by atoms with van der Waals surface area (Å²) in [5.41, 5.74) is 1.50. The first-order chi connectivity index (χ1) is 13.5. The highest BCUT2D eigenvalue weighted by molar-refractivity contribution is 5.96. The number of amides is 1. The number of anilines is 1. The minimum Gasteiger partial charge on any atom is -0.452 e. The summed E-state index contributed by atoms with van der Waals surface area (Å²) in [5, 5.41) is 2.73. The van der Waals surface area contributed by atoms with Crippen molar-refractivity contribution in [3.63, 3.8) is 0 Å². The molecule has 3 N–H and O–H groups in total. The summed E-state index contributed by atoms with van der Waals surface area (Å²) in [6.45, 7) is 3.78. The fraction of sp³-hybridized carbons (Fsp3) is 0.571. The largest absolute Gasteiger partial charge is 0.452 e. The third-order valence-corrected chi connectivity index (χ3v) is 5.59. The van der Waals surface area contributed by atoms with Gasteiger partial charge in [-0.2, -0.15) is 0 Å². The molecule has 28 heavy (non-hydrogen) atoms. The molecule has 1 aliphatic carbocycles. The standard InChI is InChI=1S/C21H29N3O4/c1-3-4-5-14-6-8-15(9-7-14)20(26)28-13(2)19(25)22-16-10-11-17-18(12-16)24-21(27)23-17/h10-15H,3-9H2,1-2H3,(H,22,25)(H2,23,24,27)/t13-,14?,15?/m0/s1. The SMILES string of the molecule is CCCCC1CCC(C(=O)O[C@@H](C)C(=O)Nc2ccc3[nH]c(=O)[nH]c3c2)CC1. The van der Waals surface area contributed by atoms with Crippen molar-refractivity contribution in [1.82, 2.24) is 9.97 Å². The van der Waals surface area contributed by atoms with Crippen molar-refractivity contribution in [2.75, 3.05) is 5.32 Å². The first-order valence-corrected chi connectivity index (χ1v) is 10.2. The van der Waals surface area contributed by atoms with Crippen LogP contribution in [0.1, 0.15) is 58.8 Å². The van der Waals surface area contributed by atoms with Crippen LogP contribution in [-0.2, 0) is 14.3 Å². The molecule has 0 aliphatic heterocycles. The highest BCUT2D eigenvalue weighted by atomic mass is 16.5. The number of ether oxygens (including phenoxy) is 1. The predicted octanol–water partition coefficient (Wildman–Crippen LogP) is 3.72. The molecule has 7 heteroatoms. The lowest BCUT2D eigenvalue weighted by Gasteiger charge is -2.28. The molecule has 1 fully saturated rings. The molecule has 1 aromatic carbocycles. The normalized spacial score (nSPS) is 20.6. The van der Waals surface area contributed by atoms with Gasteiger partial charge < -0.3 is 20.0 Å². The molecule has 1 saturated carbocycles. The van der Waals surface area contributed by atoms with E-state index in [0.717, 1.165) is 31.6 Å². The zero-order valence-electron chi connectivity index (χ0n) is 16.5. The second-order valence-electron chi connectivity index (χ2n) is 7.77. The number of nitrogens with one attached hydrogen (secondary N) is 3. The Hall–Kier alpha value is -2.57.